The maximum absolute atomic E-state index is 9.57. The van der Waals surface area contributed by atoms with Gasteiger partial charge in [0.1, 0.15) is 0 Å². The molecule has 0 aromatic carbocycles. The molecule has 1 unspecified atom stereocenters. The van der Waals surface area contributed by atoms with Crippen molar-refractivity contribution < 1.29 is 5.11 Å². The summed E-state index contributed by atoms with van der Waals surface area (Å²) in [7, 11) is 1.87. The minimum atomic E-state index is -0.746. The smallest absolute Gasteiger partial charge is 0.0718 e. The maximum Gasteiger partial charge on any atom is 0.0718 e. The van der Waals surface area contributed by atoms with Crippen molar-refractivity contribution in [3.8, 4) is 12.1 Å². The third-order valence-electron chi connectivity index (χ3n) is 1.98. The molecule has 0 heterocycles. The highest BCUT2D eigenvalue weighted by Gasteiger charge is 2.18. The fraction of sp³-hybridized carbons (Fsp3) is 0.818. The summed E-state index contributed by atoms with van der Waals surface area (Å²) >= 11 is 0. The standard InChI is InChI=1S/C11H19N3O/c1-11(2,15)9-14(3)8-10(7-13)5-4-6-12/h10,15H,4-5,8-9H2,1-3H3. The second kappa shape index (κ2) is 6.40. The van der Waals surface area contributed by atoms with Gasteiger partial charge in [-0.3, -0.25) is 0 Å². The second-order valence-corrected chi connectivity index (χ2v) is 4.53. The highest BCUT2D eigenvalue weighted by molar-refractivity contribution is 4.88. The zero-order valence-corrected chi connectivity index (χ0v) is 9.69. The van der Waals surface area contributed by atoms with E-state index < -0.39 is 5.60 Å². The molecule has 0 saturated carbocycles. The van der Waals surface area contributed by atoms with E-state index in [-0.39, 0.29) is 5.92 Å². The van der Waals surface area contributed by atoms with Crippen molar-refractivity contribution in [2.75, 3.05) is 20.1 Å². The highest BCUT2D eigenvalue weighted by atomic mass is 16.3. The van der Waals surface area contributed by atoms with Crippen LogP contribution in [0.2, 0.25) is 0 Å². The molecule has 15 heavy (non-hydrogen) atoms. The van der Waals surface area contributed by atoms with Gasteiger partial charge in [0, 0.05) is 19.5 Å². The first kappa shape index (κ1) is 13.9. The van der Waals surface area contributed by atoms with Gasteiger partial charge in [-0.2, -0.15) is 10.5 Å². The van der Waals surface area contributed by atoms with Gasteiger partial charge in [-0.15, -0.1) is 0 Å². The van der Waals surface area contributed by atoms with Crippen molar-refractivity contribution in [3.63, 3.8) is 0 Å². The number of nitriles is 2. The van der Waals surface area contributed by atoms with Crippen molar-refractivity contribution in [3.05, 3.63) is 0 Å². The maximum atomic E-state index is 9.57. The molecule has 0 aliphatic heterocycles. The Morgan fingerprint density at radius 3 is 2.40 bits per heavy atom. The number of aliphatic hydroxyl groups is 1. The summed E-state index contributed by atoms with van der Waals surface area (Å²) in [5, 5.41) is 26.8. The molecule has 4 nitrogen and oxygen atoms in total. The molecule has 0 aromatic rings. The number of hydrogen-bond acceptors (Lipinski definition) is 4. The van der Waals surface area contributed by atoms with Gasteiger partial charge < -0.3 is 10.0 Å². The lowest BCUT2D eigenvalue weighted by Crippen LogP contribution is -2.38. The first-order valence-electron chi connectivity index (χ1n) is 5.06. The molecule has 0 aliphatic rings. The summed E-state index contributed by atoms with van der Waals surface area (Å²) in [5.74, 6) is -0.128. The predicted molar refractivity (Wildman–Crippen MR) is 57.7 cm³/mol. The monoisotopic (exact) mass is 209 g/mol. The van der Waals surface area contributed by atoms with Crippen LogP contribution in [0.25, 0.3) is 0 Å². The Morgan fingerprint density at radius 2 is 2.00 bits per heavy atom. The first-order valence-corrected chi connectivity index (χ1v) is 5.06. The molecule has 0 radical (unpaired) electrons. The Balaban J connectivity index is 3.98. The molecule has 1 atom stereocenters. The Bertz CT molecular complexity index is 256. The quantitative estimate of drug-likeness (QED) is 0.712. The SMILES string of the molecule is CN(CC(C#N)CCC#N)CC(C)(C)O. The third-order valence-corrected chi connectivity index (χ3v) is 1.98. The summed E-state index contributed by atoms with van der Waals surface area (Å²) in [6.45, 7) is 4.60. The van der Waals surface area contributed by atoms with Crippen LogP contribution >= 0.6 is 0 Å². The molecule has 0 aliphatic carbocycles. The largest absolute Gasteiger partial charge is 0.389 e. The highest BCUT2D eigenvalue weighted by Crippen LogP contribution is 2.09. The zero-order chi connectivity index (χ0) is 11.9. The molecule has 0 rings (SSSR count). The third kappa shape index (κ3) is 7.93. The van der Waals surface area contributed by atoms with E-state index >= 15 is 0 Å². The molecule has 0 saturated heterocycles. The van der Waals surface area contributed by atoms with E-state index in [0.29, 0.717) is 25.9 Å². The van der Waals surface area contributed by atoms with Crippen LogP contribution in [0.1, 0.15) is 26.7 Å². The van der Waals surface area contributed by atoms with Crippen LogP contribution in [0.15, 0.2) is 0 Å². The topological polar surface area (TPSA) is 71.0 Å². The van der Waals surface area contributed by atoms with E-state index in [1.165, 1.54) is 0 Å². The zero-order valence-electron chi connectivity index (χ0n) is 9.69. The second-order valence-electron chi connectivity index (χ2n) is 4.53. The Kier molecular flexibility index (Phi) is 5.93. The molecule has 0 amide bonds. The molecule has 0 spiro atoms. The van der Waals surface area contributed by atoms with Gasteiger partial charge in [-0.05, 0) is 27.3 Å². The lowest BCUT2D eigenvalue weighted by atomic mass is 10.0. The van der Waals surface area contributed by atoms with E-state index in [0.717, 1.165) is 0 Å². The summed E-state index contributed by atoms with van der Waals surface area (Å²) in [5.41, 5.74) is -0.746. The fourth-order valence-electron chi connectivity index (χ4n) is 1.54. The van der Waals surface area contributed by atoms with E-state index in [1.807, 2.05) is 18.0 Å². The molecule has 0 fully saturated rings. The van der Waals surface area contributed by atoms with Gasteiger partial charge in [-0.1, -0.05) is 0 Å². The van der Waals surface area contributed by atoms with Crippen LogP contribution in [0, 0.1) is 28.6 Å². The van der Waals surface area contributed by atoms with Crippen LogP contribution in [0.4, 0.5) is 0 Å². The average molecular weight is 209 g/mol. The normalized spacial score (nSPS) is 13.3. The van der Waals surface area contributed by atoms with Gasteiger partial charge >= 0.3 is 0 Å². The molecule has 0 bridgehead atoms. The molecular weight excluding hydrogens is 190 g/mol. The molecule has 84 valence electrons. The van der Waals surface area contributed by atoms with Crippen molar-refractivity contribution >= 4 is 0 Å². The van der Waals surface area contributed by atoms with E-state index in [4.69, 9.17) is 10.5 Å². The van der Waals surface area contributed by atoms with Crippen molar-refractivity contribution in [1.82, 2.24) is 4.90 Å². The number of likely N-dealkylation sites (N-methyl/N-ethyl adjacent to an activating group) is 1. The summed E-state index contributed by atoms with van der Waals surface area (Å²) in [6, 6.07) is 4.21. The Morgan fingerprint density at radius 1 is 1.40 bits per heavy atom. The molecular formula is C11H19N3O. The molecule has 1 N–H and O–H groups in total. The number of hydrogen-bond donors (Lipinski definition) is 1. The predicted octanol–water partition coefficient (Wildman–Crippen LogP) is 1.13. The molecule has 0 aromatic heterocycles. The van der Waals surface area contributed by atoms with Crippen LogP contribution in [-0.2, 0) is 0 Å². The Labute approximate surface area is 91.7 Å². The number of rotatable bonds is 6. The van der Waals surface area contributed by atoms with Crippen molar-refractivity contribution in [1.29, 1.82) is 10.5 Å². The summed E-state index contributed by atoms with van der Waals surface area (Å²) in [6.07, 6.45) is 1.01. The van der Waals surface area contributed by atoms with Crippen LogP contribution < -0.4 is 0 Å². The average Bonchev–Trinajstić information content (AvgIpc) is 2.09. The van der Waals surface area contributed by atoms with E-state index in [1.54, 1.807) is 13.8 Å². The summed E-state index contributed by atoms with van der Waals surface area (Å²) in [4.78, 5) is 1.92. The summed E-state index contributed by atoms with van der Waals surface area (Å²) < 4.78 is 0. The van der Waals surface area contributed by atoms with Gasteiger partial charge in [-0.25, -0.2) is 0 Å². The van der Waals surface area contributed by atoms with Crippen LogP contribution in [0.3, 0.4) is 0 Å². The van der Waals surface area contributed by atoms with Gasteiger partial charge in [0.15, 0.2) is 0 Å². The lowest BCUT2D eigenvalue weighted by Gasteiger charge is -2.26. The minimum absolute atomic E-state index is 0.128. The van der Waals surface area contributed by atoms with E-state index in [2.05, 4.69) is 6.07 Å². The molecule has 4 heteroatoms. The minimum Gasteiger partial charge on any atom is -0.389 e. The van der Waals surface area contributed by atoms with Gasteiger partial charge in [0.05, 0.1) is 23.7 Å². The first-order chi connectivity index (χ1) is 6.89. The number of nitrogens with zero attached hydrogens (tertiary/aromatic N) is 3. The van der Waals surface area contributed by atoms with Crippen molar-refractivity contribution in [2.45, 2.75) is 32.3 Å². The lowest BCUT2D eigenvalue weighted by molar-refractivity contribution is 0.0419. The Hall–Kier alpha value is -1.10. The van der Waals surface area contributed by atoms with E-state index in [9.17, 15) is 5.11 Å². The fourth-order valence-corrected chi connectivity index (χ4v) is 1.54. The van der Waals surface area contributed by atoms with Gasteiger partial charge in [0.2, 0.25) is 0 Å². The van der Waals surface area contributed by atoms with Crippen LogP contribution in [-0.4, -0.2) is 35.7 Å². The van der Waals surface area contributed by atoms with Crippen LogP contribution in [0.5, 0.6) is 0 Å². The van der Waals surface area contributed by atoms with Gasteiger partial charge in [0.25, 0.3) is 0 Å². The van der Waals surface area contributed by atoms with Crippen molar-refractivity contribution in [2.24, 2.45) is 5.92 Å².